The summed E-state index contributed by atoms with van der Waals surface area (Å²) in [7, 11) is 0. The highest BCUT2D eigenvalue weighted by atomic mass is 79.9. The Kier molecular flexibility index (Phi) is 5.07. The first kappa shape index (κ1) is 14.2. The third-order valence-corrected chi connectivity index (χ3v) is 4.62. The number of esters is 1. The molecule has 2 heterocycles. The van der Waals surface area contributed by atoms with Gasteiger partial charge in [-0.2, -0.15) is 0 Å². The Balaban J connectivity index is 1.82. The van der Waals surface area contributed by atoms with Gasteiger partial charge in [-0.15, -0.1) is 22.7 Å². The fourth-order valence-corrected chi connectivity index (χ4v) is 3.18. The molecule has 0 aliphatic carbocycles. The zero-order chi connectivity index (χ0) is 13.7. The molecule has 0 saturated heterocycles. The van der Waals surface area contributed by atoms with Gasteiger partial charge in [0.1, 0.15) is 0 Å². The minimum absolute atomic E-state index is 0.200. The molecule has 0 aromatic carbocycles. The van der Waals surface area contributed by atoms with Crippen LogP contribution in [-0.2, 0) is 9.53 Å². The summed E-state index contributed by atoms with van der Waals surface area (Å²) in [5.74, 6) is -0.717. The van der Waals surface area contributed by atoms with Gasteiger partial charge in [0, 0.05) is 11.0 Å². The van der Waals surface area contributed by atoms with Crippen LogP contribution in [0.15, 0.2) is 39.5 Å². The Morgan fingerprint density at radius 2 is 2.16 bits per heavy atom. The summed E-state index contributed by atoms with van der Waals surface area (Å²) in [6, 6.07) is 7.28. The molecule has 0 unspecified atom stereocenters. The van der Waals surface area contributed by atoms with Crippen LogP contribution in [0.3, 0.4) is 0 Å². The van der Waals surface area contributed by atoms with Crippen LogP contribution in [0, 0.1) is 0 Å². The third-order valence-electron chi connectivity index (χ3n) is 2.12. The zero-order valence-corrected chi connectivity index (χ0v) is 12.9. The lowest BCUT2D eigenvalue weighted by atomic mass is 10.3. The standard InChI is InChI=1S/C13H9BrO3S2/c14-12-5-4-11(19-12)10(15)8-17-13(16)6-3-9-2-1-7-18-9/h1-7H,8H2/b6-3+. The molecule has 0 spiro atoms. The van der Waals surface area contributed by atoms with Crippen molar-refractivity contribution in [2.45, 2.75) is 0 Å². The van der Waals surface area contributed by atoms with Gasteiger partial charge >= 0.3 is 5.97 Å². The summed E-state index contributed by atoms with van der Waals surface area (Å²) >= 11 is 6.12. The first-order valence-electron chi connectivity index (χ1n) is 5.32. The molecule has 98 valence electrons. The second-order valence-corrected chi connectivity index (χ2v) is 6.93. The Hall–Kier alpha value is -1.24. The van der Waals surface area contributed by atoms with E-state index in [0.29, 0.717) is 4.88 Å². The predicted octanol–water partition coefficient (Wildman–Crippen LogP) is 4.01. The van der Waals surface area contributed by atoms with E-state index in [0.717, 1.165) is 8.66 Å². The number of hydrogen-bond acceptors (Lipinski definition) is 5. The van der Waals surface area contributed by atoms with Gasteiger partial charge in [0.05, 0.1) is 8.66 Å². The van der Waals surface area contributed by atoms with Crippen LogP contribution in [0.1, 0.15) is 14.5 Å². The molecule has 2 rings (SSSR count). The van der Waals surface area contributed by atoms with Gasteiger partial charge in [-0.25, -0.2) is 4.79 Å². The second-order valence-electron chi connectivity index (χ2n) is 3.48. The van der Waals surface area contributed by atoms with E-state index in [-0.39, 0.29) is 12.4 Å². The lowest BCUT2D eigenvalue weighted by Crippen LogP contribution is -2.11. The monoisotopic (exact) mass is 356 g/mol. The maximum Gasteiger partial charge on any atom is 0.331 e. The van der Waals surface area contributed by atoms with Gasteiger partial charge in [-0.3, -0.25) is 4.79 Å². The molecule has 0 aliphatic heterocycles. The van der Waals surface area contributed by atoms with Crippen molar-refractivity contribution in [2.75, 3.05) is 6.61 Å². The van der Waals surface area contributed by atoms with Crippen molar-refractivity contribution in [3.63, 3.8) is 0 Å². The van der Waals surface area contributed by atoms with E-state index < -0.39 is 5.97 Å². The molecule has 2 aromatic heterocycles. The van der Waals surface area contributed by atoms with Gasteiger partial charge in [0.15, 0.2) is 6.61 Å². The van der Waals surface area contributed by atoms with Crippen molar-refractivity contribution in [1.82, 2.24) is 0 Å². The highest BCUT2D eigenvalue weighted by Crippen LogP contribution is 2.22. The smallest absolute Gasteiger partial charge is 0.331 e. The maximum atomic E-state index is 11.7. The summed E-state index contributed by atoms with van der Waals surface area (Å²) in [6.45, 7) is -0.236. The lowest BCUT2D eigenvalue weighted by Gasteiger charge is -1.99. The molecular weight excluding hydrogens is 348 g/mol. The predicted molar refractivity (Wildman–Crippen MR) is 80.7 cm³/mol. The molecule has 6 heteroatoms. The number of carbonyl (C=O) groups excluding carboxylic acids is 2. The number of halogens is 1. The Labute approximate surface area is 126 Å². The molecular formula is C13H9BrO3S2. The molecule has 0 atom stereocenters. The number of carbonyl (C=O) groups is 2. The summed E-state index contributed by atoms with van der Waals surface area (Å²) in [4.78, 5) is 24.6. The van der Waals surface area contributed by atoms with Crippen molar-refractivity contribution in [3.8, 4) is 0 Å². The van der Waals surface area contributed by atoms with Crippen LogP contribution in [-0.4, -0.2) is 18.4 Å². The molecule has 3 nitrogen and oxygen atoms in total. The van der Waals surface area contributed by atoms with Crippen molar-refractivity contribution in [3.05, 3.63) is 49.3 Å². The van der Waals surface area contributed by atoms with Gasteiger partial charge in [0.25, 0.3) is 0 Å². The molecule has 0 N–H and O–H groups in total. The first-order chi connectivity index (χ1) is 9.15. The van der Waals surface area contributed by atoms with Crippen molar-refractivity contribution in [2.24, 2.45) is 0 Å². The summed E-state index contributed by atoms with van der Waals surface area (Å²) in [5, 5.41) is 1.92. The summed E-state index contributed by atoms with van der Waals surface area (Å²) < 4.78 is 5.76. The number of rotatable bonds is 5. The van der Waals surface area contributed by atoms with Gasteiger partial charge in [0.2, 0.25) is 5.78 Å². The lowest BCUT2D eigenvalue weighted by molar-refractivity contribution is -0.136. The highest BCUT2D eigenvalue weighted by Gasteiger charge is 2.10. The molecule has 2 aromatic rings. The topological polar surface area (TPSA) is 43.4 Å². The highest BCUT2D eigenvalue weighted by molar-refractivity contribution is 9.11. The normalized spacial score (nSPS) is 10.8. The van der Waals surface area contributed by atoms with E-state index in [1.165, 1.54) is 28.7 Å². The second kappa shape index (κ2) is 6.79. The van der Waals surface area contributed by atoms with Crippen LogP contribution in [0.25, 0.3) is 6.08 Å². The Morgan fingerprint density at radius 3 is 2.79 bits per heavy atom. The number of thiophene rings is 2. The Morgan fingerprint density at radius 1 is 1.32 bits per heavy atom. The Bertz CT molecular complexity index is 599. The average molecular weight is 357 g/mol. The van der Waals surface area contributed by atoms with Crippen LogP contribution >= 0.6 is 38.6 Å². The fourth-order valence-electron chi connectivity index (χ4n) is 1.26. The largest absolute Gasteiger partial charge is 0.454 e. The molecule has 0 amide bonds. The van der Waals surface area contributed by atoms with Crippen molar-refractivity contribution < 1.29 is 14.3 Å². The minimum Gasteiger partial charge on any atom is -0.454 e. The van der Waals surface area contributed by atoms with Crippen LogP contribution in [0.4, 0.5) is 0 Å². The van der Waals surface area contributed by atoms with E-state index in [9.17, 15) is 9.59 Å². The molecule has 0 radical (unpaired) electrons. The van der Waals surface area contributed by atoms with Gasteiger partial charge in [-0.05, 0) is 45.6 Å². The fraction of sp³-hybridized carbons (Fsp3) is 0.0769. The maximum absolute atomic E-state index is 11.7. The number of Topliss-reactive ketones (excluding diaryl/α,β-unsaturated/α-hetero) is 1. The SMILES string of the molecule is O=C(/C=C/c1cccs1)OCC(=O)c1ccc(Br)s1. The number of ether oxygens (including phenoxy) is 1. The summed E-state index contributed by atoms with van der Waals surface area (Å²) in [6.07, 6.45) is 2.99. The molecule has 0 bridgehead atoms. The molecule has 19 heavy (non-hydrogen) atoms. The molecule has 0 saturated carbocycles. The molecule has 0 fully saturated rings. The van der Waals surface area contributed by atoms with Crippen molar-refractivity contribution in [1.29, 1.82) is 0 Å². The molecule has 0 aliphatic rings. The minimum atomic E-state index is -0.516. The van der Waals surface area contributed by atoms with Crippen LogP contribution in [0.2, 0.25) is 0 Å². The van der Waals surface area contributed by atoms with E-state index in [1.807, 2.05) is 17.5 Å². The number of hydrogen-bond donors (Lipinski definition) is 0. The number of ketones is 1. The first-order valence-corrected chi connectivity index (χ1v) is 7.81. The van der Waals surface area contributed by atoms with E-state index >= 15 is 0 Å². The van der Waals surface area contributed by atoms with Crippen LogP contribution < -0.4 is 0 Å². The average Bonchev–Trinajstić information content (AvgIpc) is 3.04. The quantitative estimate of drug-likeness (QED) is 0.461. The summed E-state index contributed by atoms with van der Waals surface area (Å²) in [5.41, 5.74) is 0. The van der Waals surface area contributed by atoms with Gasteiger partial charge < -0.3 is 4.74 Å². The van der Waals surface area contributed by atoms with E-state index in [4.69, 9.17) is 4.74 Å². The van der Waals surface area contributed by atoms with Crippen molar-refractivity contribution >= 4 is 56.4 Å². The third kappa shape index (κ3) is 4.41. The van der Waals surface area contributed by atoms with E-state index in [2.05, 4.69) is 15.9 Å². The van der Waals surface area contributed by atoms with E-state index in [1.54, 1.807) is 18.2 Å². The van der Waals surface area contributed by atoms with Crippen LogP contribution in [0.5, 0.6) is 0 Å². The zero-order valence-electron chi connectivity index (χ0n) is 9.67. The van der Waals surface area contributed by atoms with Gasteiger partial charge in [-0.1, -0.05) is 6.07 Å².